The fraction of sp³-hybridized carbons (Fsp3) is 1.00. The highest BCUT2D eigenvalue weighted by molar-refractivity contribution is 7.85. The van der Waals surface area contributed by atoms with Crippen molar-refractivity contribution in [3.05, 3.63) is 0 Å². The van der Waals surface area contributed by atoms with Gasteiger partial charge in [-0.1, -0.05) is 6.92 Å². The molecule has 0 aliphatic carbocycles. The van der Waals surface area contributed by atoms with E-state index in [1.807, 2.05) is 6.92 Å². The molecule has 0 aromatic heterocycles. The van der Waals surface area contributed by atoms with Gasteiger partial charge in [-0.3, -0.25) is 4.57 Å². The molecule has 1 unspecified atom stereocenters. The summed E-state index contributed by atoms with van der Waals surface area (Å²) in [7, 11) is 1.36. The molecule has 50 valence electrons. The van der Waals surface area contributed by atoms with Gasteiger partial charge in [-0.15, -0.1) is 0 Å². The minimum Gasteiger partial charge on any atom is -0.321 e. The van der Waals surface area contributed by atoms with Gasteiger partial charge in [0.2, 0.25) is 0 Å². The first kappa shape index (κ1) is 8.48. The monoisotopic (exact) mass is 156 g/mol. The first-order valence-corrected chi connectivity index (χ1v) is 5.18. The van der Waals surface area contributed by atoms with E-state index in [0.717, 1.165) is 6.42 Å². The Morgan fingerprint density at radius 1 is 1.75 bits per heavy atom. The quantitative estimate of drug-likeness (QED) is 0.587. The van der Waals surface area contributed by atoms with Crippen LogP contribution >= 0.6 is 18.0 Å². The van der Waals surface area contributed by atoms with Crippen molar-refractivity contribution in [1.82, 2.24) is 0 Å². The summed E-state index contributed by atoms with van der Waals surface area (Å²) >= 11 is 5.35. The third kappa shape index (κ3) is 3.48. The average molecular weight is 157 g/mol. The molecule has 2 nitrogen and oxygen atoms in total. The van der Waals surface area contributed by atoms with Crippen LogP contribution in [0.5, 0.6) is 0 Å². The van der Waals surface area contributed by atoms with E-state index < -0.39 is 6.72 Å². The molecular formula is C4H10ClO2P. The SMILES string of the molecule is CCCP(=O)(Cl)OC. The molecule has 0 radical (unpaired) electrons. The van der Waals surface area contributed by atoms with Crippen LogP contribution in [-0.4, -0.2) is 13.3 Å². The van der Waals surface area contributed by atoms with E-state index in [4.69, 9.17) is 11.2 Å². The average Bonchev–Trinajstić information content (AvgIpc) is 1.67. The van der Waals surface area contributed by atoms with Crippen molar-refractivity contribution in [3.8, 4) is 0 Å². The molecule has 0 saturated heterocycles. The zero-order chi connectivity index (χ0) is 6.62. The van der Waals surface area contributed by atoms with Gasteiger partial charge in [0.1, 0.15) is 0 Å². The zero-order valence-electron chi connectivity index (χ0n) is 5.06. The Balaban J connectivity index is 3.55. The molecule has 0 N–H and O–H groups in total. The van der Waals surface area contributed by atoms with Crippen molar-refractivity contribution in [1.29, 1.82) is 0 Å². The Bertz CT molecular complexity index is 104. The Hall–Kier alpha value is 0.480. The van der Waals surface area contributed by atoms with Gasteiger partial charge in [0, 0.05) is 13.3 Å². The number of halogens is 1. The second-order valence-corrected chi connectivity index (χ2v) is 5.03. The lowest BCUT2D eigenvalue weighted by Crippen LogP contribution is -1.81. The Morgan fingerprint density at radius 3 is 2.38 bits per heavy atom. The van der Waals surface area contributed by atoms with E-state index in [9.17, 15) is 4.57 Å². The van der Waals surface area contributed by atoms with Gasteiger partial charge >= 0.3 is 0 Å². The molecule has 0 aromatic carbocycles. The zero-order valence-corrected chi connectivity index (χ0v) is 6.71. The van der Waals surface area contributed by atoms with Crippen LogP contribution in [0.1, 0.15) is 13.3 Å². The predicted octanol–water partition coefficient (Wildman–Crippen LogP) is 2.47. The van der Waals surface area contributed by atoms with Crippen LogP contribution in [0, 0.1) is 0 Å². The maximum atomic E-state index is 10.7. The lowest BCUT2D eigenvalue weighted by molar-refractivity contribution is 0.407. The van der Waals surface area contributed by atoms with E-state index in [0.29, 0.717) is 6.16 Å². The second kappa shape index (κ2) is 3.49. The van der Waals surface area contributed by atoms with Crippen molar-refractivity contribution in [3.63, 3.8) is 0 Å². The topological polar surface area (TPSA) is 26.3 Å². The first-order valence-electron chi connectivity index (χ1n) is 2.47. The van der Waals surface area contributed by atoms with Crippen LogP contribution in [-0.2, 0) is 9.09 Å². The molecule has 0 heterocycles. The minimum atomic E-state index is -2.70. The first-order chi connectivity index (χ1) is 3.62. The Morgan fingerprint density at radius 2 is 2.25 bits per heavy atom. The Labute approximate surface area is 54.4 Å². The van der Waals surface area contributed by atoms with E-state index in [-0.39, 0.29) is 0 Å². The molecule has 8 heavy (non-hydrogen) atoms. The summed E-state index contributed by atoms with van der Waals surface area (Å²) in [4.78, 5) is 0. The summed E-state index contributed by atoms with van der Waals surface area (Å²) in [5.74, 6) is 0. The van der Waals surface area contributed by atoms with Gasteiger partial charge in [-0.25, -0.2) is 0 Å². The second-order valence-electron chi connectivity index (χ2n) is 1.50. The van der Waals surface area contributed by atoms with Crippen LogP contribution in [0.3, 0.4) is 0 Å². The lowest BCUT2D eigenvalue weighted by Gasteiger charge is -2.03. The van der Waals surface area contributed by atoms with Crippen molar-refractivity contribution in [2.24, 2.45) is 0 Å². The van der Waals surface area contributed by atoms with Crippen molar-refractivity contribution in [2.45, 2.75) is 13.3 Å². The van der Waals surface area contributed by atoms with Gasteiger partial charge in [-0.05, 0) is 17.7 Å². The molecule has 0 bridgehead atoms. The van der Waals surface area contributed by atoms with Gasteiger partial charge in [-0.2, -0.15) is 0 Å². The predicted molar refractivity (Wildman–Crippen MR) is 35.6 cm³/mol. The Kier molecular flexibility index (Phi) is 3.70. The molecular weight excluding hydrogens is 146 g/mol. The third-order valence-corrected chi connectivity index (χ3v) is 3.21. The van der Waals surface area contributed by atoms with Crippen LogP contribution in [0.4, 0.5) is 0 Å². The smallest absolute Gasteiger partial charge is 0.289 e. The van der Waals surface area contributed by atoms with Crippen molar-refractivity contribution >= 4 is 18.0 Å². The van der Waals surface area contributed by atoms with Crippen LogP contribution in [0.2, 0.25) is 0 Å². The molecule has 0 aliphatic rings. The van der Waals surface area contributed by atoms with Crippen LogP contribution < -0.4 is 0 Å². The van der Waals surface area contributed by atoms with E-state index in [2.05, 4.69) is 4.52 Å². The summed E-state index contributed by atoms with van der Waals surface area (Å²) in [6.45, 7) is -0.790. The molecule has 4 heteroatoms. The fourth-order valence-electron chi connectivity index (χ4n) is 0.358. The maximum Gasteiger partial charge on any atom is 0.289 e. The summed E-state index contributed by atoms with van der Waals surface area (Å²) < 4.78 is 15.2. The molecule has 1 atom stereocenters. The molecule has 0 aromatic rings. The number of rotatable bonds is 3. The van der Waals surface area contributed by atoms with Crippen molar-refractivity contribution < 1.29 is 9.09 Å². The van der Waals surface area contributed by atoms with Crippen LogP contribution in [0.15, 0.2) is 0 Å². The largest absolute Gasteiger partial charge is 0.321 e. The number of hydrogen-bond acceptors (Lipinski definition) is 2. The molecule has 0 spiro atoms. The lowest BCUT2D eigenvalue weighted by atomic mass is 10.6. The third-order valence-electron chi connectivity index (χ3n) is 0.763. The summed E-state index contributed by atoms with van der Waals surface area (Å²) in [6, 6.07) is 0. The van der Waals surface area contributed by atoms with Crippen LogP contribution in [0.25, 0.3) is 0 Å². The summed E-state index contributed by atoms with van der Waals surface area (Å²) in [5, 5.41) is 0. The summed E-state index contributed by atoms with van der Waals surface area (Å²) in [5.41, 5.74) is 0. The highest BCUT2D eigenvalue weighted by atomic mass is 35.7. The van der Waals surface area contributed by atoms with Gasteiger partial charge < -0.3 is 4.52 Å². The highest BCUT2D eigenvalue weighted by Crippen LogP contribution is 2.51. The molecule has 0 amide bonds. The molecule has 0 fully saturated rings. The van der Waals surface area contributed by atoms with E-state index in [1.165, 1.54) is 7.11 Å². The van der Waals surface area contributed by atoms with Gasteiger partial charge in [0.25, 0.3) is 6.72 Å². The molecule has 0 rings (SSSR count). The molecule has 0 saturated carbocycles. The fourth-order valence-corrected chi connectivity index (χ4v) is 1.58. The summed E-state index contributed by atoms with van der Waals surface area (Å²) in [6.07, 6.45) is 1.26. The van der Waals surface area contributed by atoms with Gasteiger partial charge in [0.15, 0.2) is 0 Å². The normalized spacial score (nSPS) is 17.9. The minimum absolute atomic E-state index is 0.463. The van der Waals surface area contributed by atoms with E-state index >= 15 is 0 Å². The molecule has 0 aliphatic heterocycles. The standard InChI is InChI=1S/C4H10ClO2P/c1-3-4-8(5,6)7-2/h3-4H2,1-2H3. The number of hydrogen-bond donors (Lipinski definition) is 0. The van der Waals surface area contributed by atoms with Crippen molar-refractivity contribution in [2.75, 3.05) is 13.3 Å². The van der Waals surface area contributed by atoms with Gasteiger partial charge in [0.05, 0.1) is 0 Å². The highest BCUT2D eigenvalue weighted by Gasteiger charge is 2.13. The maximum absolute atomic E-state index is 10.7. The van der Waals surface area contributed by atoms with E-state index in [1.54, 1.807) is 0 Å².